The number of hydrogen-bond donors (Lipinski definition) is 1. The van der Waals surface area contributed by atoms with Gasteiger partial charge in [0.15, 0.2) is 0 Å². The number of thioether (sulfide) groups is 2. The molecule has 4 nitrogen and oxygen atoms in total. The van der Waals surface area contributed by atoms with Crippen LogP contribution in [-0.4, -0.2) is 38.4 Å². The largest absolute Gasteiger partial charge is 0.294 e. The van der Waals surface area contributed by atoms with Crippen molar-refractivity contribution in [1.29, 1.82) is 0 Å². The van der Waals surface area contributed by atoms with Crippen molar-refractivity contribution in [1.82, 2.24) is 9.97 Å². The van der Waals surface area contributed by atoms with Crippen LogP contribution >= 0.6 is 23.5 Å². The van der Waals surface area contributed by atoms with Crippen LogP contribution in [0.15, 0.2) is 12.3 Å². The molecular weight excluding hydrogens is 254 g/mol. The predicted octanol–water partition coefficient (Wildman–Crippen LogP) is 1.96. The summed E-state index contributed by atoms with van der Waals surface area (Å²) in [4.78, 5) is 19.9. The third-order valence-corrected chi connectivity index (χ3v) is 5.19. The van der Waals surface area contributed by atoms with Gasteiger partial charge in [-0.3, -0.25) is 10.1 Å². The number of rotatable bonds is 3. The molecule has 1 saturated heterocycles. The summed E-state index contributed by atoms with van der Waals surface area (Å²) >= 11 is 3.80. The van der Waals surface area contributed by atoms with Crippen LogP contribution < -0.4 is 5.32 Å². The van der Waals surface area contributed by atoms with Gasteiger partial charge in [0, 0.05) is 40.8 Å². The maximum absolute atomic E-state index is 11.8. The van der Waals surface area contributed by atoms with E-state index in [4.69, 9.17) is 0 Å². The predicted molar refractivity (Wildman–Crippen MR) is 73.6 cm³/mol. The first-order valence-electron chi connectivity index (χ1n) is 5.53. The van der Waals surface area contributed by atoms with Gasteiger partial charge in [0.1, 0.15) is 0 Å². The van der Waals surface area contributed by atoms with Gasteiger partial charge in [0.05, 0.1) is 0 Å². The summed E-state index contributed by atoms with van der Waals surface area (Å²) < 4.78 is 0. The Balaban J connectivity index is 1.84. The van der Waals surface area contributed by atoms with Crippen LogP contribution in [0.25, 0.3) is 0 Å². The minimum absolute atomic E-state index is 0.00981. The van der Waals surface area contributed by atoms with Crippen LogP contribution in [0.3, 0.4) is 0 Å². The van der Waals surface area contributed by atoms with Crippen molar-refractivity contribution in [3.05, 3.63) is 18.0 Å². The second-order valence-electron chi connectivity index (χ2n) is 3.84. The Bertz CT molecular complexity index is 394. The van der Waals surface area contributed by atoms with Crippen molar-refractivity contribution in [3.63, 3.8) is 0 Å². The van der Waals surface area contributed by atoms with Gasteiger partial charge in [-0.25, -0.2) is 9.97 Å². The van der Waals surface area contributed by atoms with Crippen LogP contribution in [-0.2, 0) is 4.79 Å². The number of aryl methyl sites for hydroxylation is 1. The first-order chi connectivity index (χ1) is 8.24. The molecule has 1 aromatic rings. The number of carbonyl (C=O) groups excluding carboxylic acids is 1. The van der Waals surface area contributed by atoms with E-state index in [9.17, 15) is 4.79 Å². The third kappa shape index (κ3) is 4.20. The normalized spacial score (nSPS) is 19.9. The number of nitrogens with one attached hydrogen (secondary N) is 1. The molecule has 1 aliphatic heterocycles. The van der Waals surface area contributed by atoms with Crippen molar-refractivity contribution >= 4 is 35.4 Å². The fourth-order valence-corrected chi connectivity index (χ4v) is 4.23. The molecule has 0 aliphatic carbocycles. The Labute approximate surface area is 109 Å². The number of nitrogens with zero attached hydrogens (tertiary/aromatic N) is 2. The SMILES string of the molecule is Cc1ccnc(NC(=O)CC2CSCCS2)n1. The lowest BCUT2D eigenvalue weighted by atomic mass is 10.3. The molecule has 1 aliphatic rings. The Morgan fingerprint density at radius 2 is 2.47 bits per heavy atom. The number of anilines is 1. The summed E-state index contributed by atoms with van der Waals surface area (Å²) in [6.07, 6.45) is 2.21. The lowest BCUT2D eigenvalue weighted by molar-refractivity contribution is -0.116. The lowest BCUT2D eigenvalue weighted by Crippen LogP contribution is -2.23. The average molecular weight is 269 g/mol. The molecule has 2 heterocycles. The number of carbonyl (C=O) groups is 1. The molecule has 1 unspecified atom stereocenters. The topological polar surface area (TPSA) is 54.9 Å². The molecule has 92 valence electrons. The molecule has 6 heteroatoms. The van der Waals surface area contributed by atoms with Crippen molar-refractivity contribution in [2.45, 2.75) is 18.6 Å². The van der Waals surface area contributed by atoms with Gasteiger partial charge in [-0.1, -0.05) is 0 Å². The zero-order chi connectivity index (χ0) is 12.1. The lowest BCUT2D eigenvalue weighted by Gasteiger charge is -2.19. The Hall–Kier alpha value is -0.750. The molecule has 1 atom stereocenters. The van der Waals surface area contributed by atoms with E-state index < -0.39 is 0 Å². The zero-order valence-corrected chi connectivity index (χ0v) is 11.3. The van der Waals surface area contributed by atoms with Crippen LogP contribution in [0.2, 0.25) is 0 Å². The highest BCUT2D eigenvalue weighted by atomic mass is 32.2. The maximum Gasteiger partial charge on any atom is 0.229 e. The highest BCUT2D eigenvalue weighted by molar-refractivity contribution is 8.06. The smallest absolute Gasteiger partial charge is 0.229 e. The minimum Gasteiger partial charge on any atom is -0.294 e. The van der Waals surface area contributed by atoms with Crippen molar-refractivity contribution < 1.29 is 4.79 Å². The molecule has 0 saturated carbocycles. The average Bonchev–Trinajstić information content (AvgIpc) is 2.30. The molecule has 0 radical (unpaired) electrons. The van der Waals surface area contributed by atoms with E-state index in [0.717, 1.165) is 17.2 Å². The monoisotopic (exact) mass is 269 g/mol. The molecule has 1 fully saturated rings. The van der Waals surface area contributed by atoms with Gasteiger partial charge in [-0.05, 0) is 13.0 Å². The minimum atomic E-state index is 0.00981. The highest BCUT2D eigenvalue weighted by Crippen LogP contribution is 2.26. The number of hydrogen-bond acceptors (Lipinski definition) is 5. The van der Waals surface area contributed by atoms with E-state index in [1.807, 2.05) is 36.5 Å². The van der Waals surface area contributed by atoms with E-state index in [1.54, 1.807) is 6.20 Å². The standard InChI is InChI=1S/C11H15N3OS2/c1-8-2-3-12-11(13-8)14-10(15)6-9-7-16-4-5-17-9/h2-3,9H,4-7H2,1H3,(H,12,13,14,15). The Morgan fingerprint density at radius 1 is 1.59 bits per heavy atom. The molecule has 1 N–H and O–H groups in total. The van der Waals surface area contributed by atoms with Gasteiger partial charge in [-0.15, -0.1) is 0 Å². The second-order valence-corrected chi connectivity index (χ2v) is 6.40. The molecule has 0 bridgehead atoms. The fraction of sp³-hybridized carbons (Fsp3) is 0.545. The van der Waals surface area contributed by atoms with E-state index in [0.29, 0.717) is 17.6 Å². The van der Waals surface area contributed by atoms with E-state index in [1.165, 1.54) is 5.75 Å². The molecular formula is C11H15N3OS2. The molecule has 17 heavy (non-hydrogen) atoms. The molecule has 0 spiro atoms. The second kappa shape index (κ2) is 6.26. The van der Waals surface area contributed by atoms with Crippen LogP contribution in [0.1, 0.15) is 12.1 Å². The maximum atomic E-state index is 11.8. The molecule has 1 amide bonds. The van der Waals surface area contributed by atoms with Crippen LogP contribution in [0, 0.1) is 6.92 Å². The first kappa shape index (κ1) is 12.7. The highest BCUT2D eigenvalue weighted by Gasteiger charge is 2.18. The number of aromatic nitrogens is 2. The van der Waals surface area contributed by atoms with Gasteiger partial charge in [0.2, 0.25) is 11.9 Å². The summed E-state index contributed by atoms with van der Waals surface area (Å²) in [6.45, 7) is 1.88. The van der Waals surface area contributed by atoms with E-state index >= 15 is 0 Å². The number of amides is 1. The van der Waals surface area contributed by atoms with E-state index in [-0.39, 0.29) is 5.91 Å². The molecule has 1 aromatic heterocycles. The molecule has 0 aromatic carbocycles. The van der Waals surface area contributed by atoms with Crippen LogP contribution in [0.4, 0.5) is 5.95 Å². The first-order valence-corrected chi connectivity index (χ1v) is 7.73. The zero-order valence-electron chi connectivity index (χ0n) is 9.68. The van der Waals surface area contributed by atoms with E-state index in [2.05, 4.69) is 15.3 Å². The van der Waals surface area contributed by atoms with Crippen molar-refractivity contribution in [2.75, 3.05) is 22.6 Å². The molecule has 2 rings (SSSR count). The van der Waals surface area contributed by atoms with Gasteiger partial charge >= 0.3 is 0 Å². The quantitative estimate of drug-likeness (QED) is 0.909. The van der Waals surface area contributed by atoms with Crippen LogP contribution in [0.5, 0.6) is 0 Å². The Morgan fingerprint density at radius 3 is 3.18 bits per heavy atom. The Kier molecular flexibility index (Phi) is 4.67. The van der Waals surface area contributed by atoms with Gasteiger partial charge in [0.25, 0.3) is 0 Å². The van der Waals surface area contributed by atoms with Crippen molar-refractivity contribution in [3.8, 4) is 0 Å². The summed E-state index contributed by atoms with van der Waals surface area (Å²) in [7, 11) is 0. The fourth-order valence-electron chi connectivity index (χ4n) is 1.55. The van der Waals surface area contributed by atoms with Crippen molar-refractivity contribution in [2.24, 2.45) is 0 Å². The summed E-state index contributed by atoms with van der Waals surface area (Å²) in [5.41, 5.74) is 0.859. The van der Waals surface area contributed by atoms with Gasteiger partial charge < -0.3 is 0 Å². The third-order valence-electron chi connectivity index (χ3n) is 2.34. The van der Waals surface area contributed by atoms with Gasteiger partial charge in [-0.2, -0.15) is 23.5 Å². The summed E-state index contributed by atoms with van der Waals surface area (Å²) in [5, 5.41) is 3.18. The summed E-state index contributed by atoms with van der Waals surface area (Å²) in [6, 6.07) is 1.81. The summed E-state index contributed by atoms with van der Waals surface area (Å²) in [5.74, 6) is 3.82.